The number of nitrogens with two attached hydrogens (primary N) is 1. The van der Waals surface area contributed by atoms with E-state index in [0.717, 1.165) is 22.4 Å². The number of nitrogens with zero attached hydrogens (tertiary/aromatic N) is 2. The lowest BCUT2D eigenvalue weighted by atomic mass is 10.2. The highest BCUT2D eigenvalue weighted by atomic mass is 16.4. The Kier molecular flexibility index (Phi) is 2.68. The van der Waals surface area contributed by atoms with Gasteiger partial charge in [0.1, 0.15) is 5.82 Å². The summed E-state index contributed by atoms with van der Waals surface area (Å²) in [6.45, 7) is 0. The molecule has 20 heavy (non-hydrogen) atoms. The molecule has 0 amide bonds. The maximum absolute atomic E-state index is 11.0. The van der Waals surface area contributed by atoms with Crippen LogP contribution in [-0.2, 0) is 7.05 Å². The van der Waals surface area contributed by atoms with Crippen molar-refractivity contribution in [2.75, 3.05) is 5.73 Å². The minimum absolute atomic E-state index is 0.250. The lowest BCUT2D eigenvalue weighted by Crippen LogP contribution is -1.97. The van der Waals surface area contributed by atoms with Crippen LogP contribution in [0.25, 0.3) is 22.4 Å². The highest BCUT2D eigenvalue weighted by Crippen LogP contribution is 2.25. The van der Waals surface area contributed by atoms with Gasteiger partial charge in [0.05, 0.1) is 16.6 Å². The Morgan fingerprint density at radius 1 is 1.25 bits per heavy atom. The molecule has 0 aliphatic heterocycles. The first-order valence-electron chi connectivity index (χ1n) is 6.12. The van der Waals surface area contributed by atoms with Crippen molar-refractivity contribution in [3.63, 3.8) is 0 Å². The lowest BCUT2D eigenvalue weighted by Gasteiger charge is -2.03. The van der Waals surface area contributed by atoms with Crippen molar-refractivity contribution in [2.24, 2.45) is 7.05 Å². The Bertz CT molecular complexity index is 821. The normalized spacial score (nSPS) is 10.8. The van der Waals surface area contributed by atoms with E-state index in [2.05, 4.69) is 4.98 Å². The summed E-state index contributed by atoms with van der Waals surface area (Å²) < 4.78 is 1.87. The van der Waals surface area contributed by atoms with E-state index in [4.69, 9.17) is 10.8 Å². The van der Waals surface area contributed by atoms with E-state index in [-0.39, 0.29) is 5.56 Å². The molecular weight excluding hydrogens is 254 g/mol. The quantitative estimate of drug-likeness (QED) is 0.699. The first-order chi connectivity index (χ1) is 9.56. The molecule has 5 nitrogen and oxygen atoms in total. The van der Waals surface area contributed by atoms with Crippen LogP contribution in [0.4, 0.5) is 5.69 Å². The number of benzene rings is 2. The van der Waals surface area contributed by atoms with Crippen LogP contribution in [0.15, 0.2) is 42.5 Å². The second-order valence-electron chi connectivity index (χ2n) is 4.63. The van der Waals surface area contributed by atoms with Gasteiger partial charge in [-0.15, -0.1) is 0 Å². The molecule has 100 valence electrons. The Labute approximate surface area is 115 Å². The predicted octanol–water partition coefficient (Wildman–Crippen LogP) is 2.52. The van der Waals surface area contributed by atoms with Crippen molar-refractivity contribution in [3.8, 4) is 11.4 Å². The molecular formula is C15H13N3O2. The number of aromatic carboxylic acids is 1. The molecule has 0 aliphatic rings. The first-order valence-corrected chi connectivity index (χ1v) is 6.12. The van der Waals surface area contributed by atoms with Crippen LogP contribution in [0.5, 0.6) is 0 Å². The van der Waals surface area contributed by atoms with Crippen molar-refractivity contribution in [2.45, 2.75) is 0 Å². The van der Waals surface area contributed by atoms with E-state index >= 15 is 0 Å². The van der Waals surface area contributed by atoms with Crippen LogP contribution in [0.1, 0.15) is 10.4 Å². The average molecular weight is 267 g/mol. The number of fused-ring (bicyclic) bond motifs is 1. The zero-order valence-corrected chi connectivity index (χ0v) is 10.9. The molecule has 0 saturated heterocycles. The number of aromatic nitrogens is 2. The summed E-state index contributed by atoms with van der Waals surface area (Å²) in [5, 5.41) is 9.05. The SMILES string of the molecule is Cn1c(-c2cccc(N)c2)nc2ccc(C(=O)O)cc21. The fraction of sp³-hybridized carbons (Fsp3) is 0.0667. The van der Waals surface area contributed by atoms with Crippen molar-refractivity contribution < 1.29 is 9.90 Å². The first kappa shape index (κ1) is 12.2. The van der Waals surface area contributed by atoms with Gasteiger partial charge in [0.2, 0.25) is 0 Å². The number of hydrogen-bond donors (Lipinski definition) is 2. The largest absolute Gasteiger partial charge is 0.478 e. The molecule has 1 heterocycles. The third-order valence-electron chi connectivity index (χ3n) is 3.27. The van der Waals surface area contributed by atoms with Gasteiger partial charge in [-0.25, -0.2) is 9.78 Å². The fourth-order valence-electron chi connectivity index (χ4n) is 2.26. The molecule has 0 atom stereocenters. The molecule has 0 saturated carbocycles. The number of imidazole rings is 1. The molecule has 0 aliphatic carbocycles. The molecule has 0 radical (unpaired) electrons. The molecule has 5 heteroatoms. The smallest absolute Gasteiger partial charge is 0.335 e. The number of rotatable bonds is 2. The molecule has 3 aromatic rings. The molecule has 1 aromatic heterocycles. The second kappa shape index (κ2) is 4.38. The molecule has 2 aromatic carbocycles. The molecule has 0 bridgehead atoms. The highest BCUT2D eigenvalue weighted by molar-refractivity contribution is 5.93. The Morgan fingerprint density at radius 2 is 2.05 bits per heavy atom. The van der Waals surface area contributed by atoms with Gasteiger partial charge in [-0.05, 0) is 30.3 Å². The molecule has 0 unspecified atom stereocenters. The van der Waals surface area contributed by atoms with Crippen molar-refractivity contribution >= 4 is 22.7 Å². The van der Waals surface area contributed by atoms with Crippen LogP contribution < -0.4 is 5.73 Å². The molecule has 0 spiro atoms. The van der Waals surface area contributed by atoms with Crippen LogP contribution in [0.3, 0.4) is 0 Å². The number of hydrogen-bond acceptors (Lipinski definition) is 3. The number of aryl methyl sites for hydroxylation is 1. The predicted molar refractivity (Wildman–Crippen MR) is 77.5 cm³/mol. The van der Waals surface area contributed by atoms with Gasteiger partial charge in [-0.2, -0.15) is 0 Å². The lowest BCUT2D eigenvalue weighted by molar-refractivity contribution is 0.0697. The Hall–Kier alpha value is -2.82. The highest BCUT2D eigenvalue weighted by Gasteiger charge is 2.12. The van der Waals surface area contributed by atoms with Gasteiger partial charge >= 0.3 is 5.97 Å². The van der Waals surface area contributed by atoms with Crippen LogP contribution in [-0.4, -0.2) is 20.6 Å². The molecule has 3 rings (SSSR count). The topological polar surface area (TPSA) is 81.1 Å². The molecule has 0 fully saturated rings. The van der Waals surface area contributed by atoms with Crippen molar-refractivity contribution in [3.05, 3.63) is 48.0 Å². The number of carboxylic acids is 1. The summed E-state index contributed by atoms with van der Waals surface area (Å²) in [6.07, 6.45) is 0. The zero-order chi connectivity index (χ0) is 14.3. The third-order valence-corrected chi connectivity index (χ3v) is 3.27. The van der Waals surface area contributed by atoms with E-state index in [1.54, 1.807) is 18.2 Å². The van der Waals surface area contributed by atoms with Crippen molar-refractivity contribution in [1.29, 1.82) is 0 Å². The monoisotopic (exact) mass is 267 g/mol. The zero-order valence-electron chi connectivity index (χ0n) is 10.9. The molecule has 3 N–H and O–H groups in total. The summed E-state index contributed by atoms with van der Waals surface area (Å²) in [7, 11) is 1.86. The van der Waals surface area contributed by atoms with E-state index in [0.29, 0.717) is 5.69 Å². The van der Waals surface area contributed by atoms with Gasteiger partial charge in [-0.3, -0.25) is 0 Å². The number of carboxylic acid groups (broad SMARTS) is 1. The summed E-state index contributed by atoms with van der Waals surface area (Å²) >= 11 is 0. The number of nitrogen functional groups attached to an aromatic ring is 1. The minimum atomic E-state index is -0.946. The summed E-state index contributed by atoms with van der Waals surface area (Å²) in [5.41, 5.74) is 9.15. The number of anilines is 1. The van der Waals surface area contributed by atoms with E-state index < -0.39 is 5.97 Å². The second-order valence-corrected chi connectivity index (χ2v) is 4.63. The maximum atomic E-state index is 11.0. The number of carbonyl (C=O) groups is 1. The average Bonchev–Trinajstić information content (AvgIpc) is 2.76. The van der Waals surface area contributed by atoms with E-state index in [1.165, 1.54) is 0 Å². The van der Waals surface area contributed by atoms with Crippen LogP contribution in [0, 0.1) is 0 Å². The Balaban J connectivity index is 2.23. The van der Waals surface area contributed by atoms with Gasteiger partial charge in [0.15, 0.2) is 0 Å². The fourth-order valence-corrected chi connectivity index (χ4v) is 2.26. The van der Waals surface area contributed by atoms with Crippen molar-refractivity contribution in [1.82, 2.24) is 9.55 Å². The van der Waals surface area contributed by atoms with Gasteiger partial charge in [-0.1, -0.05) is 12.1 Å². The van der Waals surface area contributed by atoms with Gasteiger partial charge < -0.3 is 15.4 Å². The van der Waals surface area contributed by atoms with Crippen LogP contribution >= 0.6 is 0 Å². The third kappa shape index (κ3) is 1.89. The van der Waals surface area contributed by atoms with E-state index in [9.17, 15) is 4.79 Å². The summed E-state index contributed by atoms with van der Waals surface area (Å²) in [5.74, 6) is -0.187. The summed E-state index contributed by atoms with van der Waals surface area (Å²) in [6, 6.07) is 12.4. The van der Waals surface area contributed by atoms with Crippen LogP contribution in [0.2, 0.25) is 0 Å². The van der Waals surface area contributed by atoms with Gasteiger partial charge in [0, 0.05) is 18.3 Å². The van der Waals surface area contributed by atoms with Gasteiger partial charge in [0.25, 0.3) is 0 Å². The minimum Gasteiger partial charge on any atom is -0.478 e. The summed E-state index contributed by atoms with van der Waals surface area (Å²) in [4.78, 5) is 15.6. The van der Waals surface area contributed by atoms with E-state index in [1.807, 2.05) is 35.9 Å². The Morgan fingerprint density at radius 3 is 2.75 bits per heavy atom. The maximum Gasteiger partial charge on any atom is 0.335 e. The standard InChI is InChI=1S/C15H13N3O2/c1-18-13-8-10(15(19)20)5-6-12(13)17-14(18)9-3-2-4-11(16)7-9/h2-8H,16H2,1H3,(H,19,20).